The van der Waals surface area contributed by atoms with E-state index in [4.69, 9.17) is 5.73 Å². The van der Waals surface area contributed by atoms with Crippen molar-refractivity contribution in [3.63, 3.8) is 0 Å². The molecule has 1 fully saturated rings. The van der Waals surface area contributed by atoms with Crippen LogP contribution >= 0.6 is 24.0 Å². The zero-order valence-electron chi connectivity index (χ0n) is 12.1. The van der Waals surface area contributed by atoms with E-state index in [1.807, 2.05) is 0 Å². The Labute approximate surface area is 134 Å². The first kappa shape index (κ1) is 16.8. The molecule has 1 atom stereocenters. The highest BCUT2D eigenvalue weighted by Crippen LogP contribution is 2.15. The third-order valence-corrected chi connectivity index (χ3v) is 3.93. The molecule has 4 nitrogen and oxygen atoms in total. The summed E-state index contributed by atoms with van der Waals surface area (Å²) < 4.78 is 0. The summed E-state index contributed by atoms with van der Waals surface area (Å²) in [5.74, 6) is 1.48. The van der Waals surface area contributed by atoms with Crippen molar-refractivity contribution in [2.75, 3.05) is 39.8 Å². The lowest BCUT2D eigenvalue weighted by Gasteiger charge is -2.31. The predicted octanol–water partition coefficient (Wildman–Crippen LogP) is 1.91. The van der Waals surface area contributed by atoms with Crippen molar-refractivity contribution in [3.8, 4) is 0 Å². The molecule has 2 rings (SSSR count). The number of rotatable bonds is 2. The standard InChI is InChI=1S/C14H26N4.HI/c1-12-4-3-7-18(11-12)14(15)16-10-13-5-8-17(2)9-6-13;/h5,12H,3-4,6-11H2,1-2H3,(H2,15,16);1H. The summed E-state index contributed by atoms with van der Waals surface area (Å²) in [4.78, 5) is 9.13. The fourth-order valence-corrected chi connectivity index (χ4v) is 2.64. The summed E-state index contributed by atoms with van der Waals surface area (Å²) in [6.45, 7) is 7.40. The van der Waals surface area contributed by atoms with Crippen LogP contribution in [0.15, 0.2) is 16.6 Å². The summed E-state index contributed by atoms with van der Waals surface area (Å²) >= 11 is 0. The molecule has 2 heterocycles. The third-order valence-electron chi connectivity index (χ3n) is 3.93. The second-order valence-corrected chi connectivity index (χ2v) is 5.74. The molecule has 1 saturated heterocycles. The van der Waals surface area contributed by atoms with Crippen molar-refractivity contribution >= 4 is 29.9 Å². The van der Waals surface area contributed by atoms with Gasteiger partial charge in [-0.05, 0) is 32.2 Å². The summed E-state index contributed by atoms with van der Waals surface area (Å²) in [5, 5.41) is 0. The van der Waals surface area contributed by atoms with Crippen LogP contribution in [0.1, 0.15) is 26.2 Å². The van der Waals surface area contributed by atoms with Gasteiger partial charge in [0.25, 0.3) is 0 Å². The van der Waals surface area contributed by atoms with Gasteiger partial charge in [-0.25, -0.2) is 4.99 Å². The zero-order chi connectivity index (χ0) is 13.0. The van der Waals surface area contributed by atoms with E-state index >= 15 is 0 Å². The summed E-state index contributed by atoms with van der Waals surface area (Å²) in [7, 11) is 2.15. The Morgan fingerprint density at radius 3 is 2.89 bits per heavy atom. The van der Waals surface area contributed by atoms with E-state index in [2.05, 4.69) is 34.8 Å². The van der Waals surface area contributed by atoms with Crippen LogP contribution in [0.25, 0.3) is 0 Å². The molecule has 0 radical (unpaired) electrons. The predicted molar refractivity (Wildman–Crippen MR) is 92.1 cm³/mol. The van der Waals surface area contributed by atoms with E-state index in [1.165, 1.54) is 18.4 Å². The van der Waals surface area contributed by atoms with Gasteiger partial charge < -0.3 is 15.5 Å². The first-order valence-corrected chi connectivity index (χ1v) is 7.06. The molecular weight excluding hydrogens is 351 g/mol. The van der Waals surface area contributed by atoms with E-state index in [9.17, 15) is 0 Å². The van der Waals surface area contributed by atoms with Gasteiger partial charge in [0.1, 0.15) is 0 Å². The van der Waals surface area contributed by atoms with Crippen molar-refractivity contribution in [1.29, 1.82) is 0 Å². The lowest BCUT2D eigenvalue weighted by atomic mass is 10.0. The number of likely N-dealkylation sites (N-methyl/N-ethyl adjacent to an activating group) is 1. The Hall–Kier alpha value is -0.300. The molecule has 0 aromatic rings. The van der Waals surface area contributed by atoms with Crippen LogP contribution in [0.5, 0.6) is 0 Å². The first-order chi connectivity index (χ1) is 8.65. The van der Waals surface area contributed by atoms with Crippen molar-refractivity contribution in [2.24, 2.45) is 16.6 Å². The molecular formula is C14H27IN4. The molecule has 2 N–H and O–H groups in total. The van der Waals surface area contributed by atoms with Gasteiger partial charge in [-0.1, -0.05) is 18.6 Å². The highest BCUT2D eigenvalue weighted by molar-refractivity contribution is 14.0. The molecule has 2 aliphatic heterocycles. The van der Waals surface area contributed by atoms with Crippen LogP contribution in [0.4, 0.5) is 0 Å². The van der Waals surface area contributed by atoms with Gasteiger partial charge in [-0.3, -0.25) is 0 Å². The molecule has 0 amide bonds. The average molecular weight is 378 g/mol. The van der Waals surface area contributed by atoms with Crippen LogP contribution in [-0.2, 0) is 0 Å². The molecule has 0 spiro atoms. The molecule has 0 aliphatic carbocycles. The van der Waals surface area contributed by atoms with E-state index < -0.39 is 0 Å². The lowest BCUT2D eigenvalue weighted by molar-refractivity contribution is 0.270. The molecule has 19 heavy (non-hydrogen) atoms. The summed E-state index contributed by atoms with van der Waals surface area (Å²) in [6, 6.07) is 0. The normalized spacial score (nSPS) is 25.8. The zero-order valence-corrected chi connectivity index (χ0v) is 14.5. The Balaban J connectivity index is 0.00000180. The van der Waals surface area contributed by atoms with Gasteiger partial charge in [0.2, 0.25) is 0 Å². The van der Waals surface area contributed by atoms with Crippen molar-refractivity contribution in [2.45, 2.75) is 26.2 Å². The van der Waals surface area contributed by atoms with Gasteiger partial charge in [0, 0.05) is 26.2 Å². The van der Waals surface area contributed by atoms with Gasteiger partial charge >= 0.3 is 0 Å². The maximum Gasteiger partial charge on any atom is 0.191 e. The molecule has 5 heteroatoms. The molecule has 0 aromatic heterocycles. The third kappa shape index (κ3) is 5.30. The van der Waals surface area contributed by atoms with E-state index in [0.717, 1.165) is 51.0 Å². The minimum Gasteiger partial charge on any atom is -0.370 e. The molecule has 110 valence electrons. The summed E-state index contributed by atoms with van der Waals surface area (Å²) in [5.41, 5.74) is 7.52. The lowest BCUT2D eigenvalue weighted by Crippen LogP contribution is -2.43. The highest BCUT2D eigenvalue weighted by Gasteiger charge is 2.17. The second kappa shape index (κ2) is 8.09. The molecule has 0 saturated carbocycles. The second-order valence-electron chi connectivity index (χ2n) is 5.74. The number of halogens is 1. The van der Waals surface area contributed by atoms with E-state index in [-0.39, 0.29) is 24.0 Å². The Kier molecular flexibility index (Phi) is 7.13. The van der Waals surface area contributed by atoms with Crippen LogP contribution in [0.3, 0.4) is 0 Å². The van der Waals surface area contributed by atoms with E-state index in [1.54, 1.807) is 0 Å². The quantitative estimate of drug-likeness (QED) is 0.346. The minimum atomic E-state index is 0. The van der Waals surface area contributed by atoms with Crippen LogP contribution < -0.4 is 5.73 Å². The topological polar surface area (TPSA) is 44.9 Å². The van der Waals surface area contributed by atoms with E-state index in [0.29, 0.717) is 0 Å². The van der Waals surface area contributed by atoms with Gasteiger partial charge in [0.15, 0.2) is 5.96 Å². The molecule has 0 aromatic carbocycles. The number of hydrogen-bond acceptors (Lipinski definition) is 2. The van der Waals surface area contributed by atoms with Crippen molar-refractivity contribution < 1.29 is 0 Å². The Morgan fingerprint density at radius 2 is 2.26 bits per heavy atom. The van der Waals surface area contributed by atoms with Gasteiger partial charge in [-0.2, -0.15) is 0 Å². The van der Waals surface area contributed by atoms with Crippen molar-refractivity contribution in [1.82, 2.24) is 9.80 Å². The maximum atomic E-state index is 6.09. The summed E-state index contributed by atoms with van der Waals surface area (Å²) in [6.07, 6.45) is 5.98. The van der Waals surface area contributed by atoms with Crippen LogP contribution in [0, 0.1) is 5.92 Å². The SMILES string of the molecule is CC1CCCN(C(N)=NCC2=CCN(C)CC2)C1.I. The number of guanidine groups is 1. The monoisotopic (exact) mass is 378 g/mol. The molecule has 1 unspecified atom stereocenters. The van der Waals surface area contributed by atoms with Gasteiger partial charge in [-0.15, -0.1) is 24.0 Å². The highest BCUT2D eigenvalue weighted by atomic mass is 127. The first-order valence-electron chi connectivity index (χ1n) is 7.06. The maximum absolute atomic E-state index is 6.09. The fourth-order valence-electron chi connectivity index (χ4n) is 2.64. The Bertz CT molecular complexity index is 340. The number of hydrogen-bond donors (Lipinski definition) is 1. The van der Waals surface area contributed by atoms with Crippen LogP contribution in [-0.4, -0.2) is 55.5 Å². The smallest absolute Gasteiger partial charge is 0.191 e. The minimum absolute atomic E-state index is 0. The number of likely N-dealkylation sites (tertiary alicyclic amines) is 1. The van der Waals surface area contributed by atoms with Crippen LogP contribution in [0.2, 0.25) is 0 Å². The number of piperidine rings is 1. The Morgan fingerprint density at radius 1 is 1.47 bits per heavy atom. The molecule has 2 aliphatic rings. The number of nitrogens with zero attached hydrogens (tertiary/aromatic N) is 3. The largest absolute Gasteiger partial charge is 0.370 e. The van der Waals surface area contributed by atoms with Gasteiger partial charge in [0.05, 0.1) is 6.54 Å². The average Bonchev–Trinajstić information content (AvgIpc) is 2.38. The fraction of sp³-hybridized carbons (Fsp3) is 0.786. The van der Waals surface area contributed by atoms with Crippen molar-refractivity contribution in [3.05, 3.63) is 11.6 Å². The number of aliphatic imine (C=N–C) groups is 1. The molecule has 0 bridgehead atoms. The number of nitrogens with two attached hydrogens (primary N) is 1.